The molecule has 52 heavy (non-hydrogen) atoms. The molecule has 0 aromatic heterocycles. The van der Waals surface area contributed by atoms with E-state index in [1.807, 2.05) is 0 Å². The summed E-state index contributed by atoms with van der Waals surface area (Å²) in [7, 11) is 0. The van der Waals surface area contributed by atoms with Crippen molar-refractivity contribution in [3.8, 4) is 0 Å². The molecule has 0 rings (SSSR count). The van der Waals surface area contributed by atoms with Crippen molar-refractivity contribution in [1.29, 1.82) is 0 Å². The van der Waals surface area contributed by atoms with Crippen LogP contribution in [-0.4, -0.2) is 12.6 Å². The quantitative estimate of drug-likeness (QED) is 0.0354. The smallest absolute Gasteiger partial charge is 0.305 e. The molecule has 0 fully saturated rings. The summed E-state index contributed by atoms with van der Waals surface area (Å²) in [5.41, 5.74) is 0. The van der Waals surface area contributed by atoms with E-state index in [9.17, 15) is 4.79 Å². The summed E-state index contributed by atoms with van der Waals surface area (Å²) in [4.78, 5) is 12.0. The van der Waals surface area contributed by atoms with Crippen LogP contribution < -0.4 is 0 Å². The van der Waals surface area contributed by atoms with Crippen molar-refractivity contribution in [3.63, 3.8) is 0 Å². The number of unbranched alkanes of at least 4 members (excludes halogenated alkanes) is 37. The third-order valence-corrected chi connectivity index (χ3v) is 11.1. The second kappa shape index (κ2) is 48.0. The summed E-state index contributed by atoms with van der Waals surface area (Å²) in [5.74, 6) is 0.0209. The minimum atomic E-state index is 0.0209. The Bertz CT molecular complexity index is 709. The van der Waals surface area contributed by atoms with Crippen LogP contribution in [0, 0.1) is 0 Å². The summed E-state index contributed by atoms with van der Waals surface area (Å²) in [6.45, 7) is 5.18. The first-order valence-electron chi connectivity index (χ1n) is 24.3. The van der Waals surface area contributed by atoms with Crippen LogP contribution in [0.25, 0.3) is 0 Å². The van der Waals surface area contributed by atoms with Crippen molar-refractivity contribution in [2.24, 2.45) is 0 Å². The number of carbonyl (C=O) groups excluding carboxylic acids is 1. The molecular formula is C50H96O2. The van der Waals surface area contributed by atoms with Crippen LogP contribution >= 0.6 is 0 Å². The summed E-state index contributed by atoms with van der Waals surface area (Å²) in [6, 6.07) is 0. The lowest BCUT2D eigenvalue weighted by Crippen LogP contribution is -2.05. The summed E-state index contributed by atoms with van der Waals surface area (Å²) >= 11 is 0. The fourth-order valence-electron chi connectivity index (χ4n) is 7.46. The van der Waals surface area contributed by atoms with Gasteiger partial charge in [-0.05, 0) is 44.9 Å². The van der Waals surface area contributed by atoms with E-state index >= 15 is 0 Å². The number of hydrogen-bond donors (Lipinski definition) is 0. The molecule has 0 atom stereocenters. The van der Waals surface area contributed by atoms with Crippen LogP contribution in [0.3, 0.4) is 0 Å². The molecule has 0 bridgehead atoms. The number of allylic oxidation sites excluding steroid dienone is 4. The number of esters is 1. The normalized spacial score (nSPS) is 11.8. The Labute approximate surface area is 329 Å². The lowest BCUT2D eigenvalue weighted by Gasteiger charge is -2.06. The van der Waals surface area contributed by atoms with Crippen LogP contribution in [-0.2, 0) is 9.53 Å². The molecule has 0 amide bonds. The maximum atomic E-state index is 12.0. The second-order valence-corrected chi connectivity index (χ2v) is 16.5. The zero-order chi connectivity index (χ0) is 37.5. The molecule has 0 N–H and O–H groups in total. The third-order valence-electron chi connectivity index (χ3n) is 11.1. The minimum Gasteiger partial charge on any atom is -0.466 e. The van der Waals surface area contributed by atoms with Gasteiger partial charge >= 0.3 is 5.97 Å². The van der Waals surface area contributed by atoms with Gasteiger partial charge in [-0.3, -0.25) is 4.79 Å². The molecule has 308 valence electrons. The highest BCUT2D eigenvalue weighted by atomic mass is 16.5. The van der Waals surface area contributed by atoms with E-state index in [4.69, 9.17) is 4.74 Å². The van der Waals surface area contributed by atoms with Crippen molar-refractivity contribution in [1.82, 2.24) is 0 Å². The zero-order valence-corrected chi connectivity index (χ0v) is 36.0. The number of carbonyl (C=O) groups is 1. The first-order chi connectivity index (χ1) is 25.8. The van der Waals surface area contributed by atoms with Gasteiger partial charge in [0.05, 0.1) is 6.61 Å². The van der Waals surface area contributed by atoms with E-state index in [2.05, 4.69) is 38.2 Å². The van der Waals surface area contributed by atoms with E-state index in [-0.39, 0.29) is 5.97 Å². The molecule has 0 aromatic carbocycles. The Hall–Kier alpha value is -1.05. The van der Waals surface area contributed by atoms with Gasteiger partial charge in [0, 0.05) is 6.42 Å². The molecule has 0 saturated heterocycles. The maximum absolute atomic E-state index is 12.0. The van der Waals surface area contributed by atoms with Crippen molar-refractivity contribution in [3.05, 3.63) is 24.3 Å². The van der Waals surface area contributed by atoms with Crippen LogP contribution in [0.15, 0.2) is 24.3 Å². The molecule has 0 aliphatic rings. The van der Waals surface area contributed by atoms with E-state index in [0.29, 0.717) is 13.0 Å². The van der Waals surface area contributed by atoms with Gasteiger partial charge in [-0.25, -0.2) is 0 Å². The first kappa shape index (κ1) is 51.0. The molecular weight excluding hydrogens is 633 g/mol. The standard InChI is InChI=1S/C50H96O2/c1-3-5-7-9-11-13-15-17-19-21-22-23-24-25-26-27-28-29-30-31-32-33-34-36-38-40-42-44-46-48-50(51)52-49-47-45-43-41-39-37-35-20-18-16-14-12-10-8-6-4-2/h12,14,18,20H,3-11,13,15-17,19,21-49H2,1-2H3/b14-12-,20-18-. The topological polar surface area (TPSA) is 26.3 Å². The van der Waals surface area contributed by atoms with Gasteiger partial charge in [0.25, 0.3) is 0 Å². The molecule has 0 unspecified atom stereocenters. The fraction of sp³-hybridized carbons (Fsp3) is 0.900. The van der Waals surface area contributed by atoms with Crippen molar-refractivity contribution < 1.29 is 9.53 Å². The van der Waals surface area contributed by atoms with Crippen molar-refractivity contribution >= 4 is 5.97 Å². The zero-order valence-electron chi connectivity index (χ0n) is 36.0. The predicted molar refractivity (Wildman–Crippen MR) is 235 cm³/mol. The van der Waals surface area contributed by atoms with E-state index in [0.717, 1.165) is 19.3 Å². The average molecular weight is 729 g/mol. The Balaban J connectivity index is 3.17. The summed E-state index contributed by atoms with van der Waals surface area (Å²) < 4.78 is 5.47. The molecule has 2 heteroatoms. The van der Waals surface area contributed by atoms with Crippen molar-refractivity contribution in [2.75, 3.05) is 6.61 Å². The van der Waals surface area contributed by atoms with Gasteiger partial charge in [-0.2, -0.15) is 0 Å². The molecule has 0 heterocycles. The molecule has 0 aliphatic heterocycles. The van der Waals surface area contributed by atoms with Crippen LogP contribution in [0.2, 0.25) is 0 Å². The Morgan fingerprint density at radius 1 is 0.327 bits per heavy atom. The highest BCUT2D eigenvalue weighted by Gasteiger charge is 2.03. The van der Waals surface area contributed by atoms with Gasteiger partial charge in [0.1, 0.15) is 0 Å². The fourth-order valence-corrected chi connectivity index (χ4v) is 7.46. The SMILES string of the molecule is CCCCC/C=C\C/C=C\CCCCCCCCOC(=O)CCCCCCCCCCCCCCCCCCCCCCCCCCCCCCC. The summed E-state index contributed by atoms with van der Waals surface area (Å²) in [6.07, 6.45) is 66.0. The summed E-state index contributed by atoms with van der Waals surface area (Å²) in [5, 5.41) is 0. The van der Waals surface area contributed by atoms with Crippen LogP contribution in [0.4, 0.5) is 0 Å². The second-order valence-electron chi connectivity index (χ2n) is 16.5. The van der Waals surface area contributed by atoms with E-state index < -0.39 is 0 Å². The molecule has 0 aromatic rings. The lowest BCUT2D eigenvalue weighted by atomic mass is 10.0. The van der Waals surface area contributed by atoms with Gasteiger partial charge in [-0.1, -0.05) is 256 Å². The average Bonchev–Trinajstić information content (AvgIpc) is 3.15. The van der Waals surface area contributed by atoms with Crippen LogP contribution in [0.1, 0.15) is 284 Å². The van der Waals surface area contributed by atoms with Gasteiger partial charge in [0.15, 0.2) is 0 Å². The largest absolute Gasteiger partial charge is 0.466 e. The van der Waals surface area contributed by atoms with Gasteiger partial charge < -0.3 is 4.74 Å². The van der Waals surface area contributed by atoms with Crippen molar-refractivity contribution in [2.45, 2.75) is 284 Å². The predicted octanol–water partition coefficient (Wildman–Crippen LogP) is 18.1. The number of rotatable bonds is 45. The molecule has 0 spiro atoms. The van der Waals surface area contributed by atoms with Gasteiger partial charge in [0.2, 0.25) is 0 Å². The molecule has 0 aliphatic carbocycles. The Morgan fingerprint density at radius 2 is 0.596 bits per heavy atom. The molecule has 0 saturated carbocycles. The first-order valence-corrected chi connectivity index (χ1v) is 24.3. The highest BCUT2D eigenvalue weighted by molar-refractivity contribution is 5.69. The third kappa shape index (κ3) is 47.0. The lowest BCUT2D eigenvalue weighted by molar-refractivity contribution is -0.143. The molecule has 0 radical (unpaired) electrons. The Morgan fingerprint density at radius 3 is 0.962 bits per heavy atom. The number of ether oxygens (including phenoxy) is 1. The van der Waals surface area contributed by atoms with Gasteiger partial charge in [-0.15, -0.1) is 0 Å². The van der Waals surface area contributed by atoms with E-state index in [1.54, 1.807) is 0 Å². The minimum absolute atomic E-state index is 0.0209. The monoisotopic (exact) mass is 729 g/mol. The molecule has 2 nitrogen and oxygen atoms in total. The Kier molecular flexibility index (Phi) is 47.0. The highest BCUT2D eigenvalue weighted by Crippen LogP contribution is 2.17. The maximum Gasteiger partial charge on any atom is 0.305 e. The number of hydrogen-bond acceptors (Lipinski definition) is 2. The van der Waals surface area contributed by atoms with E-state index in [1.165, 1.54) is 244 Å². The van der Waals surface area contributed by atoms with Crippen LogP contribution in [0.5, 0.6) is 0 Å².